The van der Waals surface area contributed by atoms with Crippen molar-refractivity contribution < 1.29 is 17.6 Å². The summed E-state index contributed by atoms with van der Waals surface area (Å²) in [6.07, 6.45) is 3.15. The Bertz CT molecular complexity index is 880. The van der Waals surface area contributed by atoms with Crippen molar-refractivity contribution >= 4 is 33.4 Å². The average Bonchev–Trinajstić information content (AvgIpc) is 3.14. The molecule has 0 saturated heterocycles. The molecule has 1 heterocycles. The quantitative estimate of drug-likeness (QED) is 0.591. The van der Waals surface area contributed by atoms with Crippen LogP contribution in [0.25, 0.3) is 0 Å². The van der Waals surface area contributed by atoms with Crippen LogP contribution in [-0.2, 0) is 20.6 Å². The van der Waals surface area contributed by atoms with Crippen molar-refractivity contribution in [2.24, 2.45) is 0 Å². The number of benzene rings is 1. The first-order chi connectivity index (χ1) is 13.2. The molecule has 1 atom stereocenters. The van der Waals surface area contributed by atoms with E-state index in [2.05, 4.69) is 5.32 Å². The largest absolute Gasteiger partial charge is 0.468 e. The fourth-order valence-corrected chi connectivity index (χ4v) is 4.81. The van der Waals surface area contributed by atoms with E-state index in [1.807, 2.05) is 45.0 Å². The molecule has 0 radical (unpaired) electrons. The van der Waals surface area contributed by atoms with Crippen molar-refractivity contribution in [3.8, 4) is 0 Å². The zero-order valence-corrected chi connectivity index (χ0v) is 18.4. The predicted octanol–water partition coefficient (Wildman–Crippen LogP) is 3.49. The molecule has 2 rings (SSSR count). The minimum atomic E-state index is -3.61. The van der Waals surface area contributed by atoms with Crippen LogP contribution in [-0.4, -0.2) is 38.9 Å². The maximum atomic E-state index is 12.7. The minimum Gasteiger partial charge on any atom is -0.468 e. The molecule has 28 heavy (non-hydrogen) atoms. The van der Waals surface area contributed by atoms with Crippen molar-refractivity contribution in [1.82, 2.24) is 5.32 Å². The number of anilines is 1. The van der Waals surface area contributed by atoms with Gasteiger partial charge in [0.25, 0.3) is 0 Å². The first-order valence-electron chi connectivity index (χ1n) is 9.18. The Kier molecular flexibility index (Phi) is 8.00. The van der Waals surface area contributed by atoms with Crippen LogP contribution in [0.3, 0.4) is 0 Å². The molecule has 0 bridgehead atoms. The Hall–Kier alpha value is -1.93. The van der Waals surface area contributed by atoms with E-state index in [9.17, 15) is 13.2 Å². The lowest BCUT2D eigenvalue weighted by atomic mass is 10.1. The highest BCUT2D eigenvalue weighted by Crippen LogP contribution is 2.25. The van der Waals surface area contributed by atoms with Crippen LogP contribution >= 0.6 is 11.8 Å². The van der Waals surface area contributed by atoms with Gasteiger partial charge in [-0.2, -0.15) is 11.8 Å². The lowest BCUT2D eigenvalue weighted by Crippen LogP contribution is -2.49. The van der Waals surface area contributed by atoms with Crippen molar-refractivity contribution in [3.05, 3.63) is 53.5 Å². The molecule has 0 spiro atoms. The first-order valence-corrected chi connectivity index (χ1v) is 12.2. The third-order valence-corrected chi connectivity index (χ3v) is 6.61. The zero-order chi connectivity index (χ0) is 20.7. The number of aryl methyl sites for hydroxylation is 2. The molecule has 1 aromatic carbocycles. The van der Waals surface area contributed by atoms with Crippen LogP contribution in [0.5, 0.6) is 0 Å². The normalized spacial score (nSPS) is 12.6. The molecule has 6 nitrogen and oxygen atoms in total. The number of furan rings is 1. The van der Waals surface area contributed by atoms with Crippen molar-refractivity contribution in [3.63, 3.8) is 0 Å². The number of amides is 1. The maximum absolute atomic E-state index is 12.7. The molecule has 1 amide bonds. The molecule has 0 aliphatic heterocycles. The molecule has 0 aliphatic rings. The first kappa shape index (κ1) is 22.4. The number of carbonyl (C=O) groups is 1. The number of nitrogens with one attached hydrogen (secondary N) is 1. The van der Waals surface area contributed by atoms with Crippen molar-refractivity contribution in [2.45, 2.75) is 39.0 Å². The summed E-state index contributed by atoms with van der Waals surface area (Å²) >= 11 is 1.65. The summed E-state index contributed by atoms with van der Waals surface area (Å²) in [4.78, 5) is 12.7. The van der Waals surface area contributed by atoms with Gasteiger partial charge in [0.05, 0.1) is 24.0 Å². The van der Waals surface area contributed by atoms with Crippen LogP contribution in [0.4, 0.5) is 5.69 Å². The Morgan fingerprint density at radius 3 is 2.57 bits per heavy atom. The number of sulfonamides is 1. The minimum absolute atomic E-state index is 0.287. The Morgan fingerprint density at radius 2 is 2.00 bits per heavy atom. The van der Waals surface area contributed by atoms with E-state index in [1.165, 1.54) is 4.31 Å². The van der Waals surface area contributed by atoms with Crippen LogP contribution in [0.2, 0.25) is 0 Å². The SMILES string of the molecule is CCC(C(=O)NCCSCc1ccco1)N(c1ccc(C)c(C)c1)S(C)(=O)=O. The van der Waals surface area contributed by atoms with Gasteiger partial charge in [0.1, 0.15) is 11.8 Å². The Balaban J connectivity index is 2.03. The number of thioether (sulfide) groups is 1. The molecule has 0 saturated carbocycles. The second-order valence-corrected chi connectivity index (χ2v) is 9.64. The summed E-state index contributed by atoms with van der Waals surface area (Å²) in [5.41, 5.74) is 2.57. The zero-order valence-electron chi connectivity index (χ0n) is 16.8. The topological polar surface area (TPSA) is 79.6 Å². The molecular formula is C20H28N2O4S2. The third-order valence-electron chi connectivity index (χ3n) is 4.44. The van der Waals surface area contributed by atoms with E-state index >= 15 is 0 Å². The van der Waals surface area contributed by atoms with E-state index in [-0.39, 0.29) is 5.91 Å². The molecule has 0 aliphatic carbocycles. The van der Waals surface area contributed by atoms with Crippen LogP contribution in [0, 0.1) is 13.8 Å². The highest BCUT2D eigenvalue weighted by atomic mass is 32.2. The number of carbonyl (C=O) groups excluding carboxylic acids is 1. The van der Waals surface area contributed by atoms with Crippen LogP contribution in [0.15, 0.2) is 41.0 Å². The lowest BCUT2D eigenvalue weighted by Gasteiger charge is -2.30. The van der Waals surface area contributed by atoms with E-state index in [0.29, 0.717) is 24.4 Å². The van der Waals surface area contributed by atoms with Gasteiger partial charge in [-0.3, -0.25) is 9.10 Å². The second-order valence-electron chi connectivity index (χ2n) is 6.67. The summed E-state index contributed by atoms with van der Waals surface area (Å²) in [5, 5.41) is 2.87. The molecule has 1 N–H and O–H groups in total. The molecular weight excluding hydrogens is 396 g/mol. The van der Waals surface area contributed by atoms with Crippen molar-refractivity contribution in [2.75, 3.05) is 22.9 Å². The molecule has 1 aromatic heterocycles. The standard InChI is InChI=1S/C20H28N2O4S2/c1-5-19(20(23)21-10-12-27-14-18-7-6-11-26-18)22(28(4,24)25)17-9-8-15(2)16(3)13-17/h6-9,11,13,19H,5,10,12,14H2,1-4H3,(H,21,23). The van der Waals surface area contributed by atoms with Gasteiger partial charge in [-0.05, 0) is 55.7 Å². The number of hydrogen-bond acceptors (Lipinski definition) is 5. The van der Waals surface area contributed by atoms with Crippen LogP contribution < -0.4 is 9.62 Å². The van der Waals surface area contributed by atoms with Gasteiger partial charge < -0.3 is 9.73 Å². The average molecular weight is 425 g/mol. The smallest absolute Gasteiger partial charge is 0.243 e. The van der Waals surface area contributed by atoms with Gasteiger partial charge in [-0.15, -0.1) is 0 Å². The molecule has 2 aromatic rings. The number of nitrogens with zero attached hydrogens (tertiary/aromatic N) is 1. The highest BCUT2D eigenvalue weighted by molar-refractivity contribution is 7.98. The monoisotopic (exact) mass is 424 g/mol. The molecule has 8 heteroatoms. The van der Waals surface area contributed by atoms with Gasteiger partial charge in [0.2, 0.25) is 15.9 Å². The summed E-state index contributed by atoms with van der Waals surface area (Å²) in [5.74, 6) is 2.05. The van der Waals surface area contributed by atoms with E-state index < -0.39 is 16.1 Å². The van der Waals surface area contributed by atoms with Gasteiger partial charge in [-0.1, -0.05) is 13.0 Å². The van der Waals surface area contributed by atoms with Gasteiger partial charge >= 0.3 is 0 Å². The number of hydrogen-bond donors (Lipinski definition) is 1. The number of rotatable bonds is 10. The van der Waals surface area contributed by atoms with Gasteiger partial charge in [0.15, 0.2) is 0 Å². The highest BCUT2D eigenvalue weighted by Gasteiger charge is 2.31. The van der Waals surface area contributed by atoms with E-state index in [4.69, 9.17) is 4.42 Å². The fourth-order valence-electron chi connectivity index (χ4n) is 2.85. The van der Waals surface area contributed by atoms with Crippen molar-refractivity contribution in [1.29, 1.82) is 0 Å². The van der Waals surface area contributed by atoms with Crippen LogP contribution in [0.1, 0.15) is 30.2 Å². The van der Waals surface area contributed by atoms with Gasteiger partial charge in [0, 0.05) is 12.3 Å². The van der Waals surface area contributed by atoms with E-state index in [1.54, 1.807) is 24.1 Å². The van der Waals surface area contributed by atoms with Gasteiger partial charge in [-0.25, -0.2) is 8.42 Å². The summed E-state index contributed by atoms with van der Waals surface area (Å²) in [6, 6.07) is 8.40. The summed E-state index contributed by atoms with van der Waals surface area (Å²) < 4.78 is 31.4. The summed E-state index contributed by atoms with van der Waals surface area (Å²) in [6.45, 7) is 6.17. The second kappa shape index (κ2) is 10.0. The Morgan fingerprint density at radius 1 is 1.25 bits per heavy atom. The molecule has 0 fully saturated rings. The molecule has 1 unspecified atom stereocenters. The maximum Gasteiger partial charge on any atom is 0.243 e. The molecule has 154 valence electrons. The fraction of sp³-hybridized carbons (Fsp3) is 0.450. The predicted molar refractivity (Wildman–Crippen MR) is 115 cm³/mol. The van der Waals surface area contributed by atoms with E-state index in [0.717, 1.165) is 28.9 Å². The third kappa shape index (κ3) is 6.04. The lowest BCUT2D eigenvalue weighted by molar-refractivity contribution is -0.122. The Labute approximate surface area is 171 Å². The summed E-state index contributed by atoms with van der Waals surface area (Å²) in [7, 11) is -3.61.